The van der Waals surface area contributed by atoms with Gasteiger partial charge in [-0.25, -0.2) is 0 Å². The van der Waals surface area contributed by atoms with Gasteiger partial charge in [-0.2, -0.15) is 5.10 Å². The summed E-state index contributed by atoms with van der Waals surface area (Å²) in [5.74, 6) is 0. The van der Waals surface area contributed by atoms with E-state index < -0.39 is 0 Å². The third-order valence-electron chi connectivity index (χ3n) is 3.35. The maximum Gasteiger partial charge on any atom is 0.0738 e. The molecule has 0 saturated carbocycles. The average molecular weight is 323 g/mol. The molecule has 2 aromatic rings. The van der Waals surface area contributed by atoms with Gasteiger partial charge < -0.3 is 5.73 Å². The van der Waals surface area contributed by atoms with Crippen LogP contribution in [0.3, 0.4) is 0 Å². The van der Waals surface area contributed by atoms with E-state index in [-0.39, 0.29) is 6.04 Å². The third-order valence-corrected chi connectivity index (χ3v) is 4.38. The Hall–Kier alpha value is -1.20. The fraction of sp³-hybridized carbons (Fsp3) is 0.429. The third kappa shape index (κ3) is 2.87. The average Bonchev–Trinajstić information content (AvgIpc) is 2.67. The molecular weight excluding hydrogens is 304 g/mol. The van der Waals surface area contributed by atoms with E-state index in [2.05, 4.69) is 39.9 Å². The minimum absolute atomic E-state index is 0.0635. The molecule has 0 spiro atoms. The maximum absolute atomic E-state index is 6.33. The van der Waals surface area contributed by atoms with Crippen LogP contribution in [0.1, 0.15) is 35.5 Å². The van der Waals surface area contributed by atoms with E-state index in [1.54, 1.807) is 6.20 Å². The molecule has 0 fully saturated rings. The van der Waals surface area contributed by atoms with Crippen LogP contribution in [0.2, 0.25) is 0 Å². The van der Waals surface area contributed by atoms with Crippen molar-refractivity contribution >= 4 is 15.9 Å². The number of pyridine rings is 1. The zero-order chi connectivity index (χ0) is 14.0. The predicted molar refractivity (Wildman–Crippen MR) is 79.9 cm³/mol. The molecule has 1 unspecified atom stereocenters. The molecule has 5 heteroatoms. The van der Waals surface area contributed by atoms with Crippen LogP contribution < -0.4 is 5.73 Å². The summed E-state index contributed by atoms with van der Waals surface area (Å²) in [4.78, 5) is 4.16. The van der Waals surface area contributed by atoms with Crippen molar-refractivity contribution in [3.05, 3.63) is 45.4 Å². The first-order valence-electron chi connectivity index (χ1n) is 6.42. The Labute approximate surface area is 122 Å². The molecule has 19 heavy (non-hydrogen) atoms. The van der Waals surface area contributed by atoms with Gasteiger partial charge in [-0.3, -0.25) is 9.67 Å². The molecule has 2 rings (SSSR count). The number of rotatable bonds is 4. The first kappa shape index (κ1) is 14.2. The van der Waals surface area contributed by atoms with E-state index >= 15 is 0 Å². The fourth-order valence-electron chi connectivity index (χ4n) is 2.25. The second-order valence-corrected chi connectivity index (χ2v) is 5.50. The number of nitrogens with zero attached hydrogens (tertiary/aromatic N) is 3. The summed E-state index contributed by atoms with van der Waals surface area (Å²) in [6.45, 7) is 7.00. The Morgan fingerprint density at radius 1 is 1.42 bits per heavy atom. The fourth-order valence-corrected chi connectivity index (χ4v) is 2.69. The van der Waals surface area contributed by atoms with Gasteiger partial charge in [0.25, 0.3) is 0 Å². The van der Waals surface area contributed by atoms with Gasteiger partial charge in [0.05, 0.1) is 15.9 Å². The smallest absolute Gasteiger partial charge is 0.0738 e. The number of aromatic nitrogens is 3. The van der Waals surface area contributed by atoms with Crippen LogP contribution in [0.25, 0.3) is 0 Å². The number of aryl methyl sites for hydroxylation is 3. The van der Waals surface area contributed by atoms with Gasteiger partial charge in [0, 0.05) is 31.4 Å². The SMILES string of the molecule is CCn1nc(C)c(Br)c1CC(N)c1cnccc1C. The highest BCUT2D eigenvalue weighted by atomic mass is 79.9. The summed E-state index contributed by atoms with van der Waals surface area (Å²) in [6.07, 6.45) is 4.40. The normalized spacial score (nSPS) is 12.7. The Kier molecular flexibility index (Phi) is 4.37. The largest absolute Gasteiger partial charge is 0.324 e. The number of hydrogen-bond donors (Lipinski definition) is 1. The van der Waals surface area contributed by atoms with Crippen LogP contribution in [-0.2, 0) is 13.0 Å². The molecule has 2 N–H and O–H groups in total. The van der Waals surface area contributed by atoms with E-state index in [0.29, 0.717) is 0 Å². The van der Waals surface area contributed by atoms with Crippen LogP contribution >= 0.6 is 15.9 Å². The summed E-state index contributed by atoms with van der Waals surface area (Å²) in [5, 5.41) is 4.50. The Balaban J connectivity index is 2.29. The molecule has 0 aliphatic rings. The molecule has 2 aromatic heterocycles. The molecule has 0 radical (unpaired) electrons. The molecular formula is C14H19BrN4. The van der Waals surface area contributed by atoms with Crippen molar-refractivity contribution < 1.29 is 0 Å². The number of halogens is 1. The first-order valence-corrected chi connectivity index (χ1v) is 7.21. The van der Waals surface area contributed by atoms with E-state index in [1.807, 2.05) is 23.9 Å². The van der Waals surface area contributed by atoms with E-state index in [9.17, 15) is 0 Å². The standard InChI is InChI=1S/C14H19BrN4/c1-4-19-13(14(15)10(3)18-19)7-12(16)11-8-17-6-5-9(11)2/h5-6,8,12H,4,7,16H2,1-3H3. The number of nitrogens with two attached hydrogens (primary N) is 1. The lowest BCUT2D eigenvalue weighted by Gasteiger charge is -2.15. The van der Waals surface area contributed by atoms with Crippen molar-refractivity contribution in [2.24, 2.45) is 5.73 Å². The topological polar surface area (TPSA) is 56.7 Å². The van der Waals surface area contributed by atoms with E-state index in [0.717, 1.165) is 34.4 Å². The number of hydrogen-bond acceptors (Lipinski definition) is 3. The molecule has 0 saturated heterocycles. The van der Waals surface area contributed by atoms with Crippen molar-refractivity contribution in [3.63, 3.8) is 0 Å². The molecule has 0 amide bonds. The summed E-state index contributed by atoms with van der Waals surface area (Å²) >= 11 is 3.61. The van der Waals surface area contributed by atoms with E-state index in [4.69, 9.17) is 5.73 Å². The Morgan fingerprint density at radius 2 is 2.16 bits per heavy atom. The van der Waals surface area contributed by atoms with Crippen LogP contribution in [0.4, 0.5) is 0 Å². The van der Waals surface area contributed by atoms with Gasteiger partial charge in [-0.15, -0.1) is 0 Å². The molecule has 1 atom stereocenters. The summed E-state index contributed by atoms with van der Waals surface area (Å²) in [5.41, 5.74) is 10.8. The first-order chi connectivity index (χ1) is 9.04. The van der Waals surface area contributed by atoms with Gasteiger partial charge in [0.15, 0.2) is 0 Å². The van der Waals surface area contributed by atoms with Gasteiger partial charge in [0.1, 0.15) is 0 Å². The molecule has 0 bridgehead atoms. The van der Waals surface area contributed by atoms with Crippen molar-refractivity contribution in [1.82, 2.24) is 14.8 Å². The van der Waals surface area contributed by atoms with Crippen molar-refractivity contribution in [1.29, 1.82) is 0 Å². The molecule has 0 aromatic carbocycles. The van der Waals surface area contributed by atoms with Crippen LogP contribution in [-0.4, -0.2) is 14.8 Å². The maximum atomic E-state index is 6.33. The van der Waals surface area contributed by atoms with Gasteiger partial charge >= 0.3 is 0 Å². The van der Waals surface area contributed by atoms with Crippen molar-refractivity contribution in [2.45, 2.75) is 39.8 Å². The Bertz CT molecular complexity index is 577. The monoisotopic (exact) mass is 322 g/mol. The molecule has 4 nitrogen and oxygen atoms in total. The summed E-state index contributed by atoms with van der Waals surface area (Å²) in [7, 11) is 0. The quantitative estimate of drug-likeness (QED) is 0.941. The highest BCUT2D eigenvalue weighted by molar-refractivity contribution is 9.10. The van der Waals surface area contributed by atoms with Gasteiger partial charge in [-0.05, 0) is 53.9 Å². The van der Waals surface area contributed by atoms with Crippen molar-refractivity contribution in [2.75, 3.05) is 0 Å². The van der Waals surface area contributed by atoms with E-state index in [1.165, 1.54) is 5.56 Å². The predicted octanol–water partition coefficient (Wildman–Crippen LogP) is 2.92. The summed E-state index contributed by atoms with van der Waals surface area (Å²) < 4.78 is 3.07. The highest BCUT2D eigenvalue weighted by Crippen LogP contribution is 2.26. The van der Waals surface area contributed by atoms with Crippen LogP contribution in [0.5, 0.6) is 0 Å². The Morgan fingerprint density at radius 3 is 2.79 bits per heavy atom. The minimum Gasteiger partial charge on any atom is -0.324 e. The molecule has 0 aliphatic heterocycles. The minimum atomic E-state index is -0.0635. The lowest BCUT2D eigenvalue weighted by atomic mass is 10.0. The molecule has 102 valence electrons. The zero-order valence-corrected chi connectivity index (χ0v) is 13.1. The lowest BCUT2D eigenvalue weighted by molar-refractivity contribution is 0.584. The zero-order valence-electron chi connectivity index (χ0n) is 11.5. The van der Waals surface area contributed by atoms with Crippen molar-refractivity contribution in [3.8, 4) is 0 Å². The van der Waals surface area contributed by atoms with Gasteiger partial charge in [-0.1, -0.05) is 0 Å². The van der Waals surface area contributed by atoms with Crippen LogP contribution in [0.15, 0.2) is 22.9 Å². The van der Waals surface area contributed by atoms with Crippen LogP contribution in [0, 0.1) is 13.8 Å². The highest BCUT2D eigenvalue weighted by Gasteiger charge is 2.17. The second-order valence-electron chi connectivity index (χ2n) is 4.70. The molecule has 0 aliphatic carbocycles. The lowest BCUT2D eigenvalue weighted by Crippen LogP contribution is -2.17. The summed E-state index contributed by atoms with van der Waals surface area (Å²) in [6, 6.07) is 1.93. The van der Waals surface area contributed by atoms with Gasteiger partial charge in [0.2, 0.25) is 0 Å². The molecule has 2 heterocycles. The second kappa shape index (κ2) is 5.84.